The van der Waals surface area contributed by atoms with Crippen molar-refractivity contribution in [2.24, 2.45) is 0 Å². The van der Waals surface area contributed by atoms with Gasteiger partial charge in [-0.2, -0.15) is 0 Å². The number of ether oxygens (including phenoxy) is 8. The Labute approximate surface area is 253 Å². The second kappa shape index (κ2) is 37.7. The molecule has 248 valence electrons. The largest absolute Gasteiger partial charge is 0.481 e. The van der Waals surface area contributed by atoms with Crippen molar-refractivity contribution in [1.29, 1.82) is 0 Å². The minimum Gasteiger partial charge on any atom is -0.481 e. The van der Waals surface area contributed by atoms with Crippen LogP contribution < -0.4 is 10.6 Å². The van der Waals surface area contributed by atoms with Crippen LogP contribution in [0.4, 0.5) is 0 Å². The lowest BCUT2D eigenvalue weighted by Crippen LogP contribution is -2.21. The van der Waals surface area contributed by atoms with Crippen molar-refractivity contribution in [3.63, 3.8) is 0 Å². The molecule has 0 aliphatic carbocycles. The maximum Gasteiger partial charge on any atom is 0.303 e. The molecule has 12 heteroatoms. The molecule has 0 bridgehead atoms. The molecule has 12 nitrogen and oxygen atoms in total. The van der Waals surface area contributed by atoms with Crippen molar-refractivity contribution in [2.45, 2.75) is 44.9 Å². The maximum absolute atomic E-state index is 10.4. The van der Waals surface area contributed by atoms with Crippen molar-refractivity contribution in [2.75, 3.05) is 132 Å². The lowest BCUT2D eigenvalue weighted by Gasteiger charge is -2.09. The third-order valence-electron chi connectivity index (χ3n) is 5.59. The number of carboxylic acids is 1. The molecule has 0 aromatic rings. The van der Waals surface area contributed by atoms with E-state index in [1.54, 1.807) is 0 Å². The Balaban J connectivity index is 3.04. The molecule has 0 unspecified atom stereocenters. The first-order valence-electron chi connectivity index (χ1n) is 15.5. The zero-order valence-corrected chi connectivity index (χ0v) is 25.8. The fourth-order valence-corrected chi connectivity index (χ4v) is 3.35. The van der Waals surface area contributed by atoms with Gasteiger partial charge < -0.3 is 53.6 Å². The van der Waals surface area contributed by atoms with E-state index in [0.29, 0.717) is 106 Å². The maximum atomic E-state index is 10.4. The van der Waals surface area contributed by atoms with Gasteiger partial charge in [0.2, 0.25) is 0 Å². The summed E-state index contributed by atoms with van der Waals surface area (Å²) in [6, 6.07) is 0. The number of hydrogen-bond donors (Lipinski definition) is 3. The van der Waals surface area contributed by atoms with Crippen molar-refractivity contribution in [1.82, 2.24) is 10.6 Å². The molecular weight excluding hydrogens is 548 g/mol. The number of hydrogen-bond acceptors (Lipinski definition) is 11. The highest BCUT2D eigenvalue weighted by Crippen LogP contribution is 1.98. The van der Waals surface area contributed by atoms with E-state index in [2.05, 4.69) is 16.6 Å². The highest BCUT2D eigenvalue weighted by Gasteiger charge is 1.97. The summed E-state index contributed by atoms with van der Waals surface area (Å²) in [6.07, 6.45) is 10.9. The van der Waals surface area contributed by atoms with Gasteiger partial charge in [0.25, 0.3) is 0 Å². The van der Waals surface area contributed by atoms with Crippen LogP contribution >= 0.6 is 0 Å². The van der Waals surface area contributed by atoms with Crippen LogP contribution in [0.1, 0.15) is 44.9 Å². The zero-order chi connectivity index (χ0) is 30.4. The number of aliphatic carboxylic acids is 1. The van der Waals surface area contributed by atoms with E-state index in [9.17, 15) is 4.79 Å². The molecule has 0 saturated heterocycles. The number of carbonyl (C=O) groups is 1. The lowest BCUT2D eigenvalue weighted by molar-refractivity contribution is -0.137. The number of terminal acetylenes is 1. The molecule has 42 heavy (non-hydrogen) atoms. The molecule has 0 fully saturated rings. The van der Waals surface area contributed by atoms with E-state index in [-0.39, 0.29) is 6.42 Å². The van der Waals surface area contributed by atoms with Crippen molar-refractivity contribution in [3.05, 3.63) is 0 Å². The van der Waals surface area contributed by atoms with E-state index in [0.717, 1.165) is 64.7 Å². The zero-order valence-electron chi connectivity index (χ0n) is 25.8. The van der Waals surface area contributed by atoms with Crippen LogP contribution in [0.25, 0.3) is 0 Å². The Kier molecular flexibility index (Phi) is 36.4. The molecule has 0 heterocycles. The predicted molar refractivity (Wildman–Crippen MR) is 161 cm³/mol. The minimum atomic E-state index is -0.720. The molecule has 0 aromatic carbocycles. The fraction of sp³-hybridized carbons (Fsp3) is 0.900. The smallest absolute Gasteiger partial charge is 0.303 e. The van der Waals surface area contributed by atoms with Gasteiger partial charge in [-0.05, 0) is 45.3 Å². The average Bonchev–Trinajstić information content (AvgIpc) is 2.98. The topological polar surface area (TPSA) is 135 Å². The van der Waals surface area contributed by atoms with Crippen LogP contribution in [-0.2, 0) is 42.7 Å². The van der Waals surface area contributed by atoms with Gasteiger partial charge in [-0.3, -0.25) is 4.79 Å². The molecule has 0 saturated carbocycles. The van der Waals surface area contributed by atoms with E-state index in [1.807, 2.05) is 0 Å². The SMILES string of the molecule is C#CCCCNCCOCCOCCOCCOCCOCCOCCOCCOCCCNCCCCCC(=O)O. The van der Waals surface area contributed by atoms with Gasteiger partial charge in [-0.1, -0.05) is 6.42 Å². The van der Waals surface area contributed by atoms with Crippen LogP contribution in [-0.4, -0.2) is 143 Å². The number of nitrogens with one attached hydrogen (secondary N) is 2. The van der Waals surface area contributed by atoms with Crippen LogP contribution in [0.5, 0.6) is 0 Å². The summed E-state index contributed by atoms with van der Waals surface area (Å²) < 4.78 is 43.8. The molecule has 0 aliphatic rings. The average molecular weight is 607 g/mol. The monoisotopic (exact) mass is 606 g/mol. The van der Waals surface area contributed by atoms with Crippen molar-refractivity contribution >= 4 is 5.97 Å². The normalized spacial score (nSPS) is 11.2. The summed E-state index contributed by atoms with van der Waals surface area (Å²) >= 11 is 0. The van der Waals surface area contributed by atoms with Gasteiger partial charge in [0.1, 0.15) is 0 Å². The summed E-state index contributed by atoms with van der Waals surface area (Å²) in [5, 5.41) is 15.2. The van der Waals surface area contributed by atoms with E-state index < -0.39 is 5.97 Å². The van der Waals surface area contributed by atoms with Crippen molar-refractivity contribution in [3.8, 4) is 12.3 Å². The highest BCUT2D eigenvalue weighted by atomic mass is 16.6. The molecule has 3 N–H and O–H groups in total. The molecular formula is C30H58N2O10. The highest BCUT2D eigenvalue weighted by molar-refractivity contribution is 5.66. The Hall–Kier alpha value is -1.37. The molecule has 0 rings (SSSR count). The van der Waals surface area contributed by atoms with Gasteiger partial charge in [0.05, 0.1) is 99.1 Å². The molecule has 0 aromatic heterocycles. The quantitative estimate of drug-likeness (QED) is 0.0702. The molecule has 0 radical (unpaired) electrons. The molecule has 0 atom stereocenters. The first kappa shape index (κ1) is 40.6. The third-order valence-corrected chi connectivity index (χ3v) is 5.59. The Morgan fingerprint density at radius 1 is 0.476 bits per heavy atom. The summed E-state index contributed by atoms with van der Waals surface area (Å²) in [6.45, 7) is 12.4. The second-order valence-corrected chi connectivity index (χ2v) is 9.26. The predicted octanol–water partition coefficient (Wildman–Crippen LogP) is 1.75. The summed E-state index contributed by atoms with van der Waals surface area (Å²) in [4.78, 5) is 10.4. The van der Waals surface area contributed by atoms with E-state index in [4.69, 9.17) is 49.4 Å². The van der Waals surface area contributed by atoms with Gasteiger partial charge in [0, 0.05) is 26.0 Å². The summed E-state index contributed by atoms with van der Waals surface area (Å²) in [7, 11) is 0. The Morgan fingerprint density at radius 3 is 1.31 bits per heavy atom. The second-order valence-electron chi connectivity index (χ2n) is 9.26. The Morgan fingerprint density at radius 2 is 0.857 bits per heavy atom. The van der Waals surface area contributed by atoms with E-state index in [1.165, 1.54) is 0 Å². The summed E-state index contributed by atoms with van der Waals surface area (Å²) in [5.74, 6) is 1.90. The Bertz CT molecular complexity index is 581. The summed E-state index contributed by atoms with van der Waals surface area (Å²) in [5.41, 5.74) is 0. The molecule has 0 spiro atoms. The lowest BCUT2D eigenvalue weighted by atomic mass is 10.2. The number of carboxylic acid groups (broad SMARTS) is 1. The van der Waals surface area contributed by atoms with Gasteiger partial charge >= 0.3 is 5.97 Å². The van der Waals surface area contributed by atoms with Gasteiger partial charge in [-0.15, -0.1) is 12.3 Å². The van der Waals surface area contributed by atoms with Crippen LogP contribution in [0.3, 0.4) is 0 Å². The first-order valence-corrected chi connectivity index (χ1v) is 15.5. The van der Waals surface area contributed by atoms with Crippen molar-refractivity contribution < 1.29 is 47.8 Å². The number of unbranched alkanes of at least 4 members (excludes halogenated alkanes) is 3. The van der Waals surface area contributed by atoms with Crippen LogP contribution in [0.2, 0.25) is 0 Å². The van der Waals surface area contributed by atoms with Gasteiger partial charge in [0.15, 0.2) is 0 Å². The third kappa shape index (κ3) is 38.6. The fourth-order valence-electron chi connectivity index (χ4n) is 3.35. The first-order chi connectivity index (χ1) is 20.8. The van der Waals surface area contributed by atoms with Gasteiger partial charge in [-0.25, -0.2) is 0 Å². The van der Waals surface area contributed by atoms with E-state index >= 15 is 0 Å². The van der Waals surface area contributed by atoms with Crippen LogP contribution in [0.15, 0.2) is 0 Å². The standard InChI is InChI=1S/C30H58N2O10/c1-2-3-6-10-32-13-15-36-17-19-38-21-23-40-25-27-42-29-28-41-26-24-39-22-20-37-18-16-35-14-8-12-31-11-7-4-5-9-30(33)34/h1,31-32H,3-29H2,(H,33,34). The van der Waals surface area contributed by atoms with Crippen LogP contribution in [0, 0.1) is 12.3 Å². The molecule has 0 amide bonds. The number of rotatable bonds is 37. The minimum absolute atomic E-state index is 0.259. The molecule has 0 aliphatic heterocycles.